The molecule has 0 aliphatic heterocycles. The normalized spacial score (nSPS) is 4.50. The molecule has 0 aromatic rings. The van der Waals surface area contributed by atoms with Gasteiger partial charge in [0.2, 0.25) is 0 Å². The van der Waals surface area contributed by atoms with Crippen LogP contribution in [0, 0.1) is 36.0 Å². The maximum Gasteiger partial charge on any atom is 0.0712 e. The SMILES string of the molecule is C#CC#CCC#CC. The molecule has 0 radical (unpaired) electrons. The zero-order chi connectivity index (χ0) is 6.24. The fourth-order valence-corrected chi connectivity index (χ4v) is 0.228. The second-order valence-corrected chi connectivity index (χ2v) is 1.05. The van der Waals surface area contributed by atoms with Crippen molar-refractivity contribution in [3.05, 3.63) is 0 Å². The highest BCUT2D eigenvalue weighted by Crippen LogP contribution is 1.66. The number of hydrogen-bond acceptors (Lipinski definition) is 0. The molecule has 0 aliphatic rings. The first-order valence-electron chi connectivity index (χ1n) is 2.25. The first-order valence-corrected chi connectivity index (χ1v) is 2.25. The quantitative estimate of drug-likeness (QED) is 0.401. The van der Waals surface area contributed by atoms with E-state index in [1.807, 2.05) is 0 Å². The van der Waals surface area contributed by atoms with E-state index in [2.05, 4.69) is 29.6 Å². The molecule has 0 spiro atoms. The highest BCUT2D eigenvalue weighted by Gasteiger charge is 1.59. The van der Waals surface area contributed by atoms with Gasteiger partial charge in [0.25, 0.3) is 0 Å². The Bertz CT molecular complexity index is 194. The number of terminal acetylenes is 1. The molecular weight excluding hydrogens is 96.1 g/mol. The maximum absolute atomic E-state index is 4.84. The van der Waals surface area contributed by atoms with Gasteiger partial charge in [-0.1, -0.05) is 11.8 Å². The van der Waals surface area contributed by atoms with Crippen molar-refractivity contribution in [2.24, 2.45) is 0 Å². The minimum Gasteiger partial charge on any atom is -0.106 e. The molecule has 0 fully saturated rings. The second-order valence-electron chi connectivity index (χ2n) is 1.05. The summed E-state index contributed by atoms with van der Waals surface area (Å²) in [6.07, 6.45) is 5.42. The van der Waals surface area contributed by atoms with Gasteiger partial charge >= 0.3 is 0 Å². The summed E-state index contributed by atoms with van der Waals surface area (Å²) < 4.78 is 0. The molecule has 0 amide bonds. The van der Waals surface area contributed by atoms with Gasteiger partial charge in [-0.3, -0.25) is 0 Å². The molecule has 0 nitrogen and oxygen atoms in total. The van der Waals surface area contributed by atoms with E-state index < -0.39 is 0 Å². The van der Waals surface area contributed by atoms with Crippen LogP contribution in [0.15, 0.2) is 0 Å². The third-order valence-corrected chi connectivity index (χ3v) is 0.514. The van der Waals surface area contributed by atoms with Gasteiger partial charge in [0.05, 0.1) is 6.42 Å². The molecule has 0 aromatic carbocycles. The van der Waals surface area contributed by atoms with Crippen LogP contribution in [0.2, 0.25) is 0 Å². The largest absolute Gasteiger partial charge is 0.106 e. The Balaban J connectivity index is 3.43. The monoisotopic (exact) mass is 102 g/mol. The van der Waals surface area contributed by atoms with E-state index in [0.29, 0.717) is 6.42 Å². The van der Waals surface area contributed by atoms with Gasteiger partial charge in [-0.05, 0) is 18.8 Å². The Morgan fingerprint density at radius 2 is 2.12 bits per heavy atom. The van der Waals surface area contributed by atoms with Crippen LogP contribution in [0.5, 0.6) is 0 Å². The lowest BCUT2D eigenvalue weighted by Gasteiger charge is -1.63. The fourth-order valence-electron chi connectivity index (χ4n) is 0.228. The lowest BCUT2D eigenvalue weighted by atomic mass is 10.4. The van der Waals surface area contributed by atoms with Crippen LogP contribution in [0.4, 0.5) is 0 Å². The molecule has 0 unspecified atom stereocenters. The zero-order valence-corrected chi connectivity index (χ0v) is 4.78. The van der Waals surface area contributed by atoms with E-state index in [0.717, 1.165) is 0 Å². The summed E-state index contributed by atoms with van der Waals surface area (Å²) in [5.41, 5.74) is 0. The minimum absolute atomic E-state index is 0.584. The average Bonchev–Trinajstić information content (AvgIpc) is 1.81. The molecule has 0 bridgehead atoms. The van der Waals surface area contributed by atoms with Gasteiger partial charge in [-0.25, -0.2) is 0 Å². The smallest absolute Gasteiger partial charge is 0.0712 e. The van der Waals surface area contributed by atoms with Crippen LogP contribution in [0.25, 0.3) is 0 Å². The Morgan fingerprint density at radius 1 is 1.38 bits per heavy atom. The van der Waals surface area contributed by atoms with E-state index in [9.17, 15) is 0 Å². The van der Waals surface area contributed by atoms with Crippen LogP contribution in [0.3, 0.4) is 0 Å². The second kappa shape index (κ2) is 5.68. The molecule has 0 saturated carbocycles. The van der Waals surface area contributed by atoms with E-state index >= 15 is 0 Å². The Labute approximate surface area is 50.3 Å². The first kappa shape index (κ1) is 6.68. The Morgan fingerprint density at radius 3 is 2.62 bits per heavy atom. The Kier molecular flexibility index (Phi) is 4.74. The summed E-state index contributed by atoms with van der Waals surface area (Å²) in [5.74, 6) is 12.8. The highest BCUT2D eigenvalue weighted by atomic mass is 13.6. The van der Waals surface area contributed by atoms with E-state index in [4.69, 9.17) is 6.42 Å². The fraction of sp³-hybridized carbons (Fsp3) is 0.250. The molecule has 0 saturated heterocycles. The minimum atomic E-state index is 0.584. The Hall–Kier alpha value is -1.32. The van der Waals surface area contributed by atoms with Gasteiger partial charge < -0.3 is 0 Å². The predicted octanol–water partition coefficient (Wildman–Crippen LogP) is 1.04. The van der Waals surface area contributed by atoms with E-state index in [1.54, 1.807) is 6.92 Å². The van der Waals surface area contributed by atoms with Crippen molar-refractivity contribution in [3.8, 4) is 36.0 Å². The van der Waals surface area contributed by atoms with Crippen molar-refractivity contribution in [1.29, 1.82) is 0 Å². The molecule has 38 valence electrons. The van der Waals surface area contributed by atoms with E-state index in [-0.39, 0.29) is 0 Å². The molecule has 0 aliphatic carbocycles. The van der Waals surface area contributed by atoms with Crippen molar-refractivity contribution in [1.82, 2.24) is 0 Å². The number of rotatable bonds is 0. The molecule has 0 aromatic heterocycles. The molecule has 0 atom stereocenters. The topological polar surface area (TPSA) is 0 Å². The first-order chi connectivity index (χ1) is 3.91. The molecule has 0 heteroatoms. The van der Waals surface area contributed by atoms with Gasteiger partial charge in [0.1, 0.15) is 0 Å². The van der Waals surface area contributed by atoms with Crippen molar-refractivity contribution in [2.75, 3.05) is 0 Å². The van der Waals surface area contributed by atoms with Crippen molar-refractivity contribution >= 4 is 0 Å². The zero-order valence-electron chi connectivity index (χ0n) is 4.78. The summed E-state index contributed by atoms with van der Waals surface area (Å²) in [6, 6.07) is 0. The van der Waals surface area contributed by atoms with Gasteiger partial charge in [0, 0.05) is 0 Å². The van der Waals surface area contributed by atoms with Gasteiger partial charge in [-0.2, -0.15) is 0 Å². The average molecular weight is 102 g/mol. The highest BCUT2D eigenvalue weighted by molar-refractivity contribution is 5.24. The van der Waals surface area contributed by atoms with Crippen LogP contribution in [-0.4, -0.2) is 0 Å². The summed E-state index contributed by atoms with van der Waals surface area (Å²) in [5, 5.41) is 0. The summed E-state index contributed by atoms with van der Waals surface area (Å²) in [7, 11) is 0. The summed E-state index contributed by atoms with van der Waals surface area (Å²) >= 11 is 0. The third kappa shape index (κ3) is 4.68. The summed E-state index contributed by atoms with van der Waals surface area (Å²) in [4.78, 5) is 0. The predicted molar refractivity (Wildman–Crippen MR) is 34.7 cm³/mol. The molecule has 0 rings (SSSR count). The van der Waals surface area contributed by atoms with Crippen LogP contribution >= 0.6 is 0 Å². The van der Waals surface area contributed by atoms with Crippen LogP contribution < -0.4 is 0 Å². The van der Waals surface area contributed by atoms with Crippen molar-refractivity contribution < 1.29 is 0 Å². The number of hydrogen-bond donors (Lipinski definition) is 0. The lowest BCUT2D eigenvalue weighted by Crippen LogP contribution is -1.55. The molecular formula is C8H6. The molecule has 0 N–H and O–H groups in total. The third-order valence-electron chi connectivity index (χ3n) is 0.514. The lowest BCUT2D eigenvalue weighted by molar-refractivity contribution is 1.56. The van der Waals surface area contributed by atoms with Gasteiger partial charge in [0.15, 0.2) is 0 Å². The summed E-state index contributed by atoms with van der Waals surface area (Å²) in [6.45, 7) is 1.78. The standard InChI is InChI=1S/C8H6/c1-3-5-7-8-6-4-2/h1H,8H2,2H3. The van der Waals surface area contributed by atoms with Crippen LogP contribution in [0.1, 0.15) is 13.3 Å². The van der Waals surface area contributed by atoms with Crippen molar-refractivity contribution in [3.63, 3.8) is 0 Å². The van der Waals surface area contributed by atoms with Gasteiger partial charge in [-0.15, -0.1) is 12.3 Å². The maximum atomic E-state index is 4.84. The van der Waals surface area contributed by atoms with E-state index in [1.165, 1.54) is 0 Å². The van der Waals surface area contributed by atoms with Crippen molar-refractivity contribution in [2.45, 2.75) is 13.3 Å². The molecule has 8 heavy (non-hydrogen) atoms. The van der Waals surface area contributed by atoms with Crippen LogP contribution in [-0.2, 0) is 0 Å². The molecule has 0 heterocycles.